The van der Waals surface area contributed by atoms with Crippen molar-refractivity contribution in [1.29, 1.82) is 0 Å². The third-order valence-electron chi connectivity index (χ3n) is 5.75. The maximum absolute atomic E-state index is 12.2. The summed E-state index contributed by atoms with van der Waals surface area (Å²) in [5.41, 5.74) is 0. The summed E-state index contributed by atoms with van der Waals surface area (Å²) in [6.07, 6.45) is 8.18. The molecule has 1 unspecified atom stereocenters. The van der Waals surface area contributed by atoms with Crippen LogP contribution in [0.5, 0.6) is 0 Å². The number of carbonyl (C=O) groups excluding carboxylic acids is 1. The molecule has 2 heterocycles. The lowest BCUT2D eigenvalue weighted by Gasteiger charge is -2.32. The maximum Gasteiger partial charge on any atom is 0.224 e. The highest BCUT2D eigenvalue weighted by molar-refractivity contribution is 14.0. The number of hydrogen-bond acceptors (Lipinski definition) is 3. The van der Waals surface area contributed by atoms with Crippen LogP contribution in [0.2, 0.25) is 0 Å². The topological polar surface area (TPSA) is 60.0 Å². The molecular formula is C21H42IN5O. The molecule has 2 rings (SSSR count). The van der Waals surface area contributed by atoms with Crippen molar-refractivity contribution >= 4 is 35.8 Å². The Kier molecular flexibility index (Phi) is 13.1. The van der Waals surface area contributed by atoms with Crippen molar-refractivity contribution in [3.05, 3.63) is 0 Å². The summed E-state index contributed by atoms with van der Waals surface area (Å²) < 4.78 is 0. The standard InChI is InChI=1S/C21H41N5O.HI/c1-4-22-21(23-12-11-20(27)26-15-9-10-16-26)24-17-19(18(2)3)25-13-7-5-6-8-14-25;/h18-19H,4-17H2,1-3H3,(H2,22,23,24);1H. The number of carbonyl (C=O) groups is 1. The van der Waals surface area contributed by atoms with Crippen LogP contribution in [0.4, 0.5) is 0 Å². The minimum atomic E-state index is 0. The normalized spacial score (nSPS) is 19.9. The van der Waals surface area contributed by atoms with Crippen molar-refractivity contribution in [3.63, 3.8) is 0 Å². The number of likely N-dealkylation sites (tertiary alicyclic amines) is 2. The fraction of sp³-hybridized carbons (Fsp3) is 0.905. The van der Waals surface area contributed by atoms with Crippen LogP contribution in [-0.2, 0) is 4.79 Å². The third kappa shape index (κ3) is 8.84. The van der Waals surface area contributed by atoms with Gasteiger partial charge in [-0.2, -0.15) is 0 Å². The van der Waals surface area contributed by atoms with Crippen molar-refractivity contribution in [2.45, 2.75) is 71.8 Å². The Morgan fingerprint density at radius 3 is 2.14 bits per heavy atom. The molecule has 0 radical (unpaired) electrons. The lowest BCUT2D eigenvalue weighted by molar-refractivity contribution is -0.129. The zero-order valence-corrected chi connectivity index (χ0v) is 20.5. The molecule has 7 heteroatoms. The number of rotatable bonds is 8. The minimum Gasteiger partial charge on any atom is -0.357 e. The SMILES string of the molecule is CCNC(=NCC(C(C)C)N1CCCCCC1)NCCC(=O)N1CCCC1.I. The third-order valence-corrected chi connectivity index (χ3v) is 5.75. The van der Waals surface area contributed by atoms with E-state index in [2.05, 4.69) is 36.3 Å². The predicted octanol–water partition coefficient (Wildman–Crippen LogP) is 3.07. The molecule has 28 heavy (non-hydrogen) atoms. The number of halogens is 1. The van der Waals surface area contributed by atoms with Gasteiger partial charge in [0.05, 0.1) is 6.54 Å². The first kappa shape index (κ1) is 25.5. The van der Waals surface area contributed by atoms with Gasteiger partial charge in [0, 0.05) is 38.6 Å². The summed E-state index contributed by atoms with van der Waals surface area (Å²) in [5.74, 6) is 1.69. The first-order valence-electron chi connectivity index (χ1n) is 11.2. The summed E-state index contributed by atoms with van der Waals surface area (Å²) in [7, 11) is 0. The monoisotopic (exact) mass is 507 g/mol. The van der Waals surface area contributed by atoms with Crippen LogP contribution in [0.25, 0.3) is 0 Å². The van der Waals surface area contributed by atoms with Crippen LogP contribution in [0, 0.1) is 5.92 Å². The molecule has 164 valence electrons. The van der Waals surface area contributed by atoms with E-state index in [1.54, 1.807) is 0 Å². The summed E-state index contributed by atoms with van der Waals surface area (Å²) in [6.45, 7) is 13.3. The van der Waals surface area contributed by atoms with Crippen LogP contribution < -0.4 is 10.6 Å². The molecule has 2 aliphatic rings. The first-order chi connectivity index (χ1) is 13.1. The molecule has 2 saturated heterocycles. The van der Waals surface area contributed by atoms with Crippen molar-refractivity contribution in [2.75, 3.05) is 45.8 Å². The second-order valence-electron chi connectivity index (χ2n) is 8.25. The van der Waals surface area contributed by atoms with Gasteiger partial charge in [0.1, 0.15) is 0 Å². The molecule has 1 atom stereocenters. The number of hydrogen-bond donors (Lipinski definition) is 2. The lowest BCUT2D eigenvalue weighted by atomic mass is 10.0. The molecule has 0 aliphatic carbocycles. The van der Waals surface area contributed by atoms with Crippen LogP contribution in [0.1, 0.15) is 65.7 Å². The van der Waals surface area contributed by atoms with Gasteiger partial charge in [-0.25, -0.2) is 0 Å². The molecule has 0 bridgehead atoms. The predicted molar refractivity (Wildman–Crippen MR) is 128 cm³/mol. The fourth-order valence-electron chi connectivity index (χ4n) is 4.11. The van der Waals surface area contributed by atoms with E-state index in [4.69, 9.17) is 4.99 Å². The van der Waals surface area contributed by atoms with Gasteiger partial charge in [-0.1, -0.05) is 26.7 Å². The number of aliphatic imine (C=N–C) groups is 1. The average Bonchev–Trinajstić information content (AvgIpc) is 3.06. The molecule has 0 aromatic heterocycles. The van der Waals surface area contributed by atoms with E-state index in [1.165, 1.54) is 38.8 Å². The number of nitrogens with one attached hydrogen (secondary N) is 2. The first-order valence-corrected chi connectivity index (χ1v) is 11.2. The van der Waals surface area contributed by atoms with E-state index in [0.29, 0.717) is 24.9 Å². The van der Waals surface area contributed by atoms with Gasteiger partial charge in [0.25, 0.3) is 0 Å². The number of guanidine groups is 1. The number of nitrogens with zero attached hydrogens (tertiary/aromatic N) is 3. The summed E-state index contributed by atoms with van der Waals surface area (Å²) in [5, 5.41) is 6.69. The van der Waals surface area contributed by atoms with Crippen molar-refractivity contribution < 1.29 is 4.79 Å². The molecule has 1 amide bonds. The van der Waals surface area contributed by atoms with Crippen molar-refractivity contribution in [2.24, 2.45) is 10.9 Å². The minimum absolute atomic E-state index is 0. The van der Waals surface area contributed by atoms with E-state index in [1.807, 2.05) is 4.90 Å². The van der Waals surface area contributed by atoms with Gasteiger partial charge in [-0.15, -0.1) is 24.0 Å². The van der Waals surface area contributed by atoms with E-state index in [0.717, 1.165) is 45.0 Å². The Balaban J connectivity index is 0.00000392. The zero-order chi connectivity index (χ0) is 19.5. The molecule has 0 spiro atoms. The van der Waals surface area contributed by atoms with Crippen LogP contribution >= 0.6 is 24.0 Å². The molecule has 2 N–H and O–H groups in total. The summed E-state index contributed by atoms with van der Waals surface area (Å²) in [6, 6.07) is 0.491. The summed E-state index contributed by atoms with van der Waals surface area (Å²) in [4.78, 5) is 21.7. The lowest BCUT2D eigenvalue weighted by Crippen LogP contribution is -2.44. The van der Waals surface area contributed by atoms with Gasteiger partial charge in [-0.3, -0.25) is 14.7 Å². The fourth-order valence-corrected chi connectivity index (χ4v) is 4.11. The second-order valence-corrected chi connectivity index (χ2v) is 8.25. The molecule has 0 aromatic carbocycles. The molecule has 2 fully saturated rings. The van der Waals surface area contributed by atoms with Crippen molar-refractivity contribution in [1.82, 2.24) is 20.4 Å². The molecule has 6 nitrogen and oxygen atoms in total. The Labute approximate surface area is 189 Å². The number of amides is 1. The molecule has 0 saturated carbocycles. The van der Waals surface area contributed by atoms with Gasteiger partial charge in [-0.05, 0) is 51.6 Å². The molecule has 2 aliphatic heterocycles. The van der Waals surface area contributed by atoms with Crippen LogP contribution in [0.15, 0.2) is 4.99 Å². The highest BCUT2D eigenvalue weighted by Crippen LogP contribution is 2.17. The Hall–Kier alpha value is -0.570. The van der Waals surface area contributed by atoms with Crippen LogP contribution in [0.3, 0.4) is 0 Å². The molecular weight excluding hydrogens is 465 g/mol. The van der Waals surface area contributed by atoms with Crippen LogP contribution in [-0.4, -0.2) is 73.5 Å². The average molecular weight is 508 g/mol. The van der Waals surface area contributed by atoms with E-state index in [-0.39, 0.29) is 29.9 Å². The van der Waals surface area contributed by atoms with Crippen molar-refractivity contribution in [3.8, 4) is 0 Å². The Morgan fingerprint density at radius 2 is 1.57 bits per heavy atom. The highest BCUT2D eigenvalue weighted by atomic mass is 127. The van der Waals surface area contributed by atoms with Gasteiger partial charge in [0.2, 0.25) is 5.91 Å². The smallest absolute Gasteiger partial charge is 0.224 e. The Bertz CT molecular complexity index is 458. The Morgan fingerprint density at radius 1 is 0.964 bits per heavy atom. The second kappa shape index (κ2) is 14.4. The van der Waals surface area contributed by atoms with E-state index < -0.39 is 0 Å². The van der Waals surface area contributed by atoms with E-state index in [9.17, 15) is 4.79 Å². The summed E-state index contributed by atoms with van der Waals surface area (Å²) >= 11 is 0. The zero-order valence-electron chi connectivity index (χ0n) is 18.2. The maximum atomic E-state index is 12.2. The van der Waals surface area contributed by atoms with Gasteiger partial charge in [0.15, 0.2) is 5.96 Å². The quantitative estimate of drug-likeness (QED) is 0.301. The largest absolute Gasteiger partial charge is 0.357 e. The molecule has 0 aromatic rings. The van der Waals surface area contributed by atoms with Gasteiger partial charge < -0.3 is 15.5 Å². The van der Waals surface area contributed by atoms with E-state index >= 15 is 0 Å². The highest BCUT2D eigenvalue weighted by Gasteiger charge is 2.22. The van der Waals surface area contributed by atoms with Gasteiger partial charge >= 0.3 is 0 Å².